The smallest absolute Gasteiger partial charge is 0.136 e. The van der Waals surface area contributed by atoms with E-state index in [1.165, 1.54) is 0 Å². The summed E-state index contributed by atoms with van der Waals surface area (Å²) in [4.78, 5) is 11.6. The molecule has 0 aliphatic carbocycles. The van der Waals surface area contributed by atoms with Crippen LogP contribution in [0, 0.1) is 11.8 Å². The molecular weight excluding hydrogens is 178 g/mol. The lowest BCUT2D eigenvalue weighted by molar-refractivity contribution is -0.123. The Morgan fingerprint density at radius 1 is 1.36 bits per heavy atom. The number of Topliss-reactive ketones (excluding diaryl/α,β-unsaturated/α-hetero) is 1. The van der Waals surface area contributed by atoms with E-state index in [1.54, 1.807) is 0 Å². The molecule has 0 aliphatic heterocycles. The molecule has 2 atom stereocenters. The monoisotopic (exact) mass is 199 g/mol. The molecule has 82 valence electrons. The van der Waals surface area contributed by atoms with Gasteiger partial charge in [0.25, 0.3) is 0 Å². The number of allylic oxidation sites excluding steroid dienone is 1. The van der Waals surface area contributed by atoms with Crippen LogP contribution in [0.5, 0.6) is 0 Å². The molecule has 0 heterocycles. The Morgan fingerprint density at radius 2 is 1.93 bits per heavy atom. The Kier molecular flexibility index (Phi) is 6.21. The van der Waals surface area contributed by atoms with Gasteiger partial charge in [0.05, 0.1) is 5.76 Å². The number of carbonyl (C=O) groups excluding carboxylic acids is 1. The van der Waals surface area contributed by atoms with E-state index in [2.05, 4.69) is 6.58 Å². The summed E-state index contributed by atoms with van der Waals surface area (Å²) in [5.41, 5.74) is 5.33. The van der Waals surface area contributed by atoms with Gasteiger partial charge in [-0.1, -0.05) is 20.4 Å². The van der Waals surface area contributed by atoms with Crippen LogP contribution in [-0.2, 0) is 4.79 Å². The maximum atomic E-state index is 11.6. The van der Waals surface area contributed by atoms with Crippen LogP contribution in [0.3, 0.4) is 0 Å². The van der Waals surface area contributed by atoms with Crippen LogP contribution in [0.1, 0.15) is 33.1 Å². The van der Waals surface area contributed by atoms with E-state index in [1.807, 2.05) is 13.8 Å². The van der Waals surface area contributed by atoms with Crippen molar-refractivity contribution in [2.75, 3.05) is 6.54 Å². The lowest BCUT2D eigenvalue weighted by Gasteiger charge is -2.17. The maximum absolute atomic E-state index is 11.6. The van der Waals surface area contributed by atoms with Gasteiger partial charge < -0.3 is 10.8 Å². The molecule has 0 rings (SSSR count). The predicted molar refractivity (Wildman–Crippen MR) is 58.0 cm³/mol. The van der Waals surface area contributed by atoms with E-state index >= 15 is 0 Å². The minimum atomic E-state index is -0.152. The first-order chi connectivity index (χ1) is 6.50. The standard InChI is InChI=1S/C11H21NO2/c1-8(10(3)13)9(2)11(14)6-4-5-7-12/h8-9,13H,3-7,12H2,1-2H3. The van der Waals surface area contributed by atoms with Crippen LogP contribution >= 0.6 is 0 Å². The van der Waals surface area contributed by atoms with Crippen molar-refractivity contribution >= 4 is 5.78 Å². The van der Waals surface area contributed by atoms with Gasteiger partial charge in [0, 0.05) is 18.3 Å². The summed E-state index contributed by atoms with van der Waals surface area (Å²) >= 11 is 0. The number of nitrogens with two attached hydrogens (primary N) is 1. The number of hydrogen-bond donors (Lipinski definition) is 2. The normalized spacial score (nSPS) is 14.8. The molecule has 0 fully saturated rings. The molecule has 14 heavy (non-hydrogen) atoms. The first kappa shape index (κ1) is 13.2. The molecule has 0 aromatic heterocycles. The Bertz CT molecular complexity index is 201. The SMILES string of the molecule is C=C(O)C(C)C(C)C(=O)CCCCN. The largest absolute Gasteiger partial charge is 0.513 e. The third-order valence-corrected chi connectivity index (χ3v) is 2.66. The van der Waals surface area contributed by atoms with E-state index in [4.69, 9.17) is 10.8 Å². The second-order valence-corrected chi connectivity index (χ2v) is 3.78. The van der Waals surface area contributed by atoms with E-state index in [-0.39, 0.29) is 23.4 Å². The molecular formula is C11H21NO2. The summed E-state index contributed by atoms with van der Waals surface area (Å²) in [6.07, 6.45) is 2.27. The molecule has 0 saturated heterocycles. The average molecular weight is 199 g/mol. The van der Waals surface area contributed by atoms with E-state index in [0.717, 1.165) is 12.8 Å². The van der Waals surface area contributed by atoms with Crippen molar-refractivity contribution in [1.82, 2.24) is 0 Å². The number of rotatable bonds is 7. The lowest BCUT2D eigenvalue weighted by atomic mass is 9.88. The number of aliphatic hydroxyl groups is 1. The van der Waals surface area contributed by atoms with Crippen LogP contribution in [0.25, 0.3) is 0 Å². The molecule has 0 aromatic carbocycles. The van der Waals surface area contributed by atoms with E-state index in [0.29, 0.717) is 13.0 Å². The van der Waals surface area contributed by atoms with Crippen molar-refractivity contribution in [2.45, 2.75) is 33.1 Å². The molecule has 0 radical (unpaired) electrons. The van der Waals surface area contributed by atoms with Gasteiger partial charge in [-0.2, -0.15) is 0 Å². The second-order valence-electron chi connectivity index (χ2n) is 3.78. The number of hydrogen-bond acceptors (Lipinski definition) is 3. The fraction of sp³-hybridized carbons (Fsp3) is 0.727. The lowest BCUT2D eigenvalue weighted by Crippen LogP contribution is -2.20. The van der Waals surface area contributed by atoms with Gasteiger partial charge in [0.15, 0.2) is 0 Å². The molecule has 0 aliphatic rings. The summed E-state index contributed by atoms with van der Waals surface area (Å²) in [7, 11) is 0. The van der Waals surface area contributed by atoms with Crippen molar-refractivity contribution in [3.8, 4) is 0 Å². The summed E-state index contributed by atoms with van der Waals surface area (Å²) in [6.45, 7) is 7.71. The second kappa shape index (κ2) is 6.60. The van der Waals surface area contributed by atoms with Gasteiger partial charge in [0.1, 0.15) is 5.78 Å². The van der Waals surface area contributed by atoms with Crippen molar-refractivity contribution in [3.63, 3.8) is 0 Å². The van der Waals surface area contributed by atoms with Crippen LogP contribution in [0.4, 0.5) is 0 Å². The zero-order chi connectivity index (χ0) is 11.1. The highest BCUT2D eigenvalue weighted by Gasteiger charge is 2.21. The van der Waals surface area contributed by atoms with Gasteiger partial charge in [-0.05, 0) is 19.4 Å². The van der Waals surface area contributed by atoms with Crippen LogP contribution < -0.4 is 5.73 Å². The fourth-order valence-corrected chi connectivity index (χ4v) is 1.24. The summed E-state index contributed by atoms with van der Waals surface area (Å²) in [5, 5.41) is 9.15. The first-order valence-electron chi connectivity index (χ1n) is 5.11. The molecule has 3 nitrogen and oxygen atoms in total. The third kappa shape index (κ3) is 4.42. The molecule has 2 unspecified atom stereocenters. The Balaban J connectivity index is 3.92. The average Bonchev–Trinajstić information content (AvgIpc) is 2.15. The van der Waals surface area contributed by atoms with Crippen LogP contribution in [-0.4, -0.2) is 17.4 Å². The highest BCUT2D eigenvalue weighted by Crippen LogP contribution is 2.19. The van der Waals surface area contributed by atoms with Crippen molar-refractivity contribution in [2.24, 2.45) is 17.6 Å². The van der Waals surface area contributed by atoms with Gasteiger partial charge in [0.2, 0.25) is 0 Å². The van der Waals surface area contributed by atoms with Gasteiger partial charge in [-0.3, -0.25) is 4.79 Å². The molecule has 3 heteroatoms. The van der Waals surface area contributed by atoms with Gasteiger partial charge in [-0.25, -0.2) is 0 Å². The Hall–Kier alpha value is -0.830. The predicted octanol–water partition coefficient (Wildman–Crippen LogP) is 2.03. The van der Waals surface area contributed by atoms with Crippen molar-refractivity contribution < 1.29 is 9.90 Å². The molecule has 0 saturated carbocycles. The van der Waals surface area contributed by atoms with Crippen molar-refractivity contribution in [3.05, 3.63) is 12.3 Å². The minimum absolute atomic E-state index is 0.0877. The summed E-state index contributed by atoms with van der Waals surface area (Å²) in [6, 6.07) is 0. The molecule has 0 spiro atoms. The number of unbranched alkanes of at least 4 members (excludes halogenated alkanes) is 1. The quantitative estimate of drug-likeness (QED) is 0.487. The van der Waals surface area contributed by atoms with Gasteiger partial charge >= 0.3 is 0 Å². The molecule has 0 bridgehead atoms. The van der Waals surface area contributed by atoms with Crippen LogP contribution in [0.15, 0.2) is 12.3 Å². The summed E-state index contributed by atoms with van der Waals surface area (Å²) < 4.78 is 0. The Morgan fingerprint density at radius 3 is 2.36 bits per heavy atom. The number of carbonyl (C=O) groups is 1. The first-order valence-corrected chi connectivity index (χ1v) is 5.11. The number of aliphatic hydroxyl groups excluding tert-OH is 1. The Labute approximate surface area is 86.0 Å². The zero-order valence-electron chi connectivity index (χ0n) is 9.12. The minimum Gasteiger partial charge on any atom is -0.513 e. The van der Waals surface area contributed by atoms with Gasteiger partial charge in [-0.15, -0.1) is 0 Å². The highest BCUT2D eigenvalue weighted by atomic mass is 16.3. The molecule has 0 aromatic rings. The third-order valence-electron chi connectivity index (χ3n) is 2.66. The molecule has 3 N–H and O–H groups in total. The van der Waals surface area contributed by atoms with Crippen LogP contribution in [0.2, 0.25) is 0 Å². The summed E-state index contributed by atoms with van der Waals surface area (Å²) in [5.74, 6) is -0.0310. The topological polar surface area (TPSA) is 63.3 Å². The molecule has 0 amide bonds. The van der Waals surface area contributed by atoms with Crippen molar-refractivity contribution in [1.29, 1.82) is 0 Å². The zero-order valence-corrected chi connectivity index (χ0v) is 9.12. The fourth-order valence-electron chi connectivity index (χ4n) is 1.24. The number of ketones is 1. The highest BCUT2D eigenvalue weighted by molar-refractivity contribution is 5.81. The van der Waals surface area contributed by atoms with E-state index in [9.17, 15) is 4.79 Å². The maximum Gasteiger partial charge on any atom is 0.136 e. The van der Waals surface area contributed by atoms with E-state index < -0.39 is 0 Å².